The molecule has 0 saturated carbocycles. The molecule has 0 fully saturated rings. The van der Waals surface area contributed by atoms with Gasteiger partial charge in [-0.3, -0.25) is 0 Å². The van der Waals surface area contributed by atoms with Gasteiger partial charge in [0.2, 0.25) is 0 Å². The van der Waals surface area contributed by atoms with Crippen molar-refractivity contribution >= 4 is 32.3 Å². The SMILES string of the molecule is CCCCCOc1cc2c(cc1CCCO)c1cc(OCCCCC)c(CCCO)cc1c1cc(OCCCCC)c(OCCCCC)cc21. The van der Waals surface area contributed by atoms with E-state index in [4.69, 9.17) is 18.9 Å². The lowest BCUT2D eigenvalue weighted by atomic mass is 9.90. The van der Waals surface area contributed by atoms with Crippen molar-refractivity contribution in [2.75, 3.05) is 39.6 Å². The van der Waals surface area contributed by atoms with Crippen molar-refractivity contribution < 1.29 is 29.2 Å². The van der Waals surface area contributed by atoms with E-state index in [9.17, 15) is 10.2 Å². The summed E-state index contributed by atoms with van der Waals surface area (Å²) in [5, 5.41) is 26.3. The first kappa shape index (κ1) is 39.6. The third-order valence-corrected chi connectivity index (χ3v) is 9.59. The van der Waals surface area contributed by atoms with Crippen molar-refractivity contribution in [1.29, 1.82) is 0 Å². The van der Waals surface area contributed by atoms with E-state index in [2.05, 4.69) is 64.1 Å². The number of unbranched alkanes of at least 4 members (excludes halogenated alkanes) is 8. The highest BCUT2D eigenvalue weighted by Crippen LogP contribution is 2.45. The average Bonchev–Trinajstić information content (AvgIpc) is 3.13. The average molecular weight is 689 g/mol. The summed E-state index contributed by atoms with van der Waals surface area (Å²) in [6, 6.07) is 13.4. The van der Waals surface area contributed by atoms with Crippen LogP contribution in [0.25, 0.3) is 32.3 Å². The van der Waals surface area contributed by atoms with Crippen LogP contribution in [-0.4, -0.2) is 49.9 Å². The molecule has 0 saturated heterocycles. The topological polar surface area (TPSA) is 77.4 Å². The standard InChI is InChI=1S/C44H64O6/c1-5-9-13-23-47-41-29-37-35-27-33(19-17-21-45)42(48-24-14-10-6-2)30-38(35)40-32-44(50-26-16-12-8-4)43(49-25-15-11-7-3)31-39(40)36(37)28-34(41)20-18-22-46/h27-32,45-46H,5-26H2,1-4H3. The lowest BCUT2D eigenvalue weighted by molar-refractivity contribution is 0.260. The Hall–Kier alpha value is -3.22. The fourth-order valence-corrected chi connectivity index (χ4v) is 6.71. The van der Waals surface area contributed by atoms with Gasteiger partial charge >= 0.3 is 0 Å². The van der Waals surface area contributed by atoms with Crippen LogP contribution in [-0.2, 0) is 12.8 Å². The molecule has 4 aromatic carbocycles. The van der Waals surface area contributed by atoms with Gasteiger partial charge in [0.15, 0.2) is 11.5 Å². The van der Waals surface area contributed by atoms with Crippen LogP contribution < -0.4 is 18.9 Å². The zero-order chi connectivity index (χ0) is 35.6. The first-order valence-corrected chi connectivity index (χ1v) is 19.9. The van der Waals surface area contributed by atoms with Gasteiger partial charge in [0.25, 0.3) is 0 Å². The number of fused-ring (bicyclic) bond motifs is 6. The molecule has 0 spiro atoms. The maximum Gasteiger partial charge on any atom is 0.161 e. The third-order valence-electron chi connectivity index (χ3n) is 9.59. The van der Waals surface area contributed by atoms with Gasteiger partial charge in [-0.15, -0.1) is 0 Å². The molecule has 276 valence electrons. The zero-order valence-corrected chi connectivity index (χ0v) is 31.5. The summed E-state index contributed by atoms with van der Waals surface area (Å²) in [6.45, 7) is 11.7. The van der Waals surface area contributed by atoms with Gasteiger partial charge in [0.05, 0.1) is 26.4 Å². The molecule has 0 aliphatic carbocycles. The maximum atomic E-state index is 9.80. The molecule has 2 N–H and O–H groups in total. The van der Waals surface area contributed by atoms with E-state index < -0.39 is 0 Å². The second kappa shape index (κ2) is 21.9. The molecular weight excluding hydrogens is 624 g/mol. The number of aliphatic hydroxyl groups is 2. The number of hydrogen-bond acceptors (Lipinski definition) is 6. The Balaban J connectivity index is 2.01. The van der Waals surface area contributed by atoms with Crippen LogP contribution in [0.2, 0.25) is 0 Å². The van der Waals surface area contributed by atoms with E-state index in [0.29, 0.717) is 39.3 Å². The van der Waals surface area contributed by atoms with Crippen molar-refractivity contribution in [3.63, 3.8) is 0 Å². The number of benzene rings is 4. The Morgan fingerprint density at radius 2 is 0.640 bits per heavy atom. The van der Waals surface area contributed by atoms with Crippen molar-refractivity contribution in [3.8, 4) is 23.0 Å². The number of hydrogen-bond donors (Lipinski definition) is 2. The Morgan fingerprint density at radius 1 is 0.360 bits per heavy atom. The molecular formula is C44H64O6. The molecule has 0 heterocycles. The smallest absolute Gasteiger partial charge is 0.161 e. The normalized spacial score (nSPS) is 11.6. The van der Waals surface area contributed by atoms with Crippen LogP contribution in [0.4, 0.5) is 0 Å². The van der Waals surface area contributed by atoms with Crippen LogP contribution >= 0.6 is 0 Å². The van der Waals surface area contributed by atoms with Gasteiger partial charge < -0.3 is 29.2 Å². The highest BCUT2D eigenvalue weighted by Gasteiger charge is 2.19. The molecule has 6 heteroatoms. The summed E-state index contributed by atoms with van der Waals surface area (Å²) in [6.07, 6.45) is 15.9. The predicted molar refractivity (Wildman–Crippen MR) is 210 cm³/mol. The monoisotopic (exact) mass is 688 g/mol. The minimum absolute atomic E-state index is 0.134. The van der Waals surface area contributed by atoms with Crippen LogP contribution in [0.15, 0.2) is 36.4 Å². The third kappa shape index (κ3) is 10.9. The van der Waals surface area contributed by atoms with Gasteiger partial charge in [-0.2, -0.15) is 0 Å². The molecule has 50 heavy (non-hydrogen) atoms. The Kier molecular flexibility index (Phi) is 17.3. The van der Waals surface area contributed by atoms with E-state index in [1.165, 1.54) is 0 Å². The zero-order valence-electron chi connectivity index (χ0n) is 31.5. The molecule has 0 unspecified atom stereocenters. The molecule has 0 amide bonds. The fraction of sp³-hybridized carbons (Fsp3) is 0.591. The summed E-state index contributed by atoms with van der Waals surface area (Å²) < 4.78 is 26.0. The van der Waals surface area contributed by atoms with Crippen LogP contribution in [0, 0.1) is 0 Å². The van der Waals surface area contributed by atoms with Crippen molar-refractivity contribution in [2.24, 2.45) is 0 Å². The molecule has 4 aromatic rings. The summed E-state index contributed by atoms with van der Waals surface area (Å²) in [5.41, 5.74) is 2.23. The van der Waals surface area contributed by atoms with E-state index in [1.54, 1.807) is 0 Å². The molecule has 0 radical (unpaired) electrons. The quantitative estimate of drug-likeness (QED) is 0.0505. The molecule has 0 bridgehead atoms. The molecule has 0 atom stereocenters. The number of aryl methyl sites for hydroxylation is 2. The van der Waals surface area contributed by atoms with Crippen molar-refractivity contribution in [1.82, 2.24) is 0 Å². The summed E-state index contributed by atoms with van der Waals surface area (Å²) in [5.74, 6) is 3.37. The molecule has 0 aliphatic heterocycles. The first-order valence-electron chi connectivity index (χ1n) is 19.9. The second-order valence-electron chi connectivity index (χ2n) is 13.7. The van der Waals surface area contributed by atoms with Crippen LogP contribution in [0.5, 0.6) is 23.0 Å². The van der Waals surface area contributed by atoms with Gasteiger partial charge in [-0.25, -0.2) is 0 Å². The number of aliphatic hydroxyl groups excluding tert-OH is 2. The van der Waals surface area contributed by atoms with Crippen molar-refractivity contribution in [2.45, 2.75) is 130 Å². The van der Waals surface area contributed by atoms with Gasteiger partial charge in [-0.1, -0.05) is 79.1 Å². The highest BCUT2D eigenvalue weighted by molar-refractivity contribution is 6.26. The summed E-state index contributed by atoms with van der Waals surface area (Å²) in [7, 11) is 0. The van der Waals surface area contributed by atoms with E-state index in [0.717, 1.165) is 156 Å². The van der Waals surface area contributed by atoms with E-state index in [1.807, 2.05) is 0 Å². The minimum atomic E-state index is 0.134. The highest BCUT2D eigenvalue weighted by atomic mass is 16.5. The summed E-state index contributed by atoms with van der Waals surface area (Å²) >= 11 is 0. The molecule has 0 aliphatic rings. The van der Waals surface area contributed by atoms with Crippen LogP contribution in [0.3, 0.4) is 0 Å². The van der Waals surface area contributed by atoms with Gasteiger partial charge in [-0.05, 0) is 131 Å². The molecule has 4 rings (SSSR count). The lowest BCUT2D eigenvalue weighted by Gasteiger charge is -2.20. The second-order valence-corrected chi connectivity index (χ2v) is 13.7. The predicted octanol–water partition coefficient (Wildman–Crippen LogP) is 11.3. The number of ether oxygens (including phenoxy) is 4. The maximum absolute atomic E-state index is 9.80. The van der Waals surface area contributed by atoms with Crippen molar-refractivity contribution in [3.05, 3.63) is 47.5 Å². The largest absolute Gasteiger partial charge is 0.493 e. The molecule has 0 aromatic heterocycles. The van der Waals surface area contributed by atoms with Gasteiger partial charge in [0.1, 0.15) is 11.5 Å². The Labute approximate surface area is 301 Å². The Morgan fingerprint density at radius 3 is 0.940 bits per heavy atom. The Bertz CT molecular complexity index is 1550. The van der Waals surface area contributed by atoms with E-state index >= 15 is 0 Å². The lowest BCUT2D eigenvalue weighted by Crippen LogP contribution is -2.04. The van der Waals surface area contributed by atoms with Crippen LogP contribution in [0.1, 0.15) is 129 Å². The summed E-state index contributed by atoms with van der Waals surface area (Å²) in [4.78, 5) is 0. The number of rotatable bonds is 26. The fourth-order valence-electron chi connectivity index (χ4n) is 6.71. The molecule has 6 nitrogen and oxygen atoms in total. The van der Waals surface area contributed by atoms with Gasteiger partial charge in [0, 0.05) is 13.2 Å². The minimum Gasteiger partial charge on any atom is -0.493 e. The van der Waals surface area contributed by atoms with E-state index in [-0.39, 0.29) is 13.2 Å². The first-order chi connectivity index (χ1) is 24.6.